The molecule has 4 aliphatic heterocycles. The molecule has 704 valence electrons. The number of hydrogen-bond acceptors (Lipinski definition) is 16. The summed E-state index contributed by atoms with van der Waals surface area (Å²) in [6, 6.07) is 65.6. The summed E-state index contributed by atoms with van der Waals surface area (Å²) in [6.45, 7) is 27.0. The number of Topliss-reactive ketones (excluding diaryl/α,β-unsaturated/α-hetero) is 4. The number of amides is 4. The number of aryl methyl sites for hydroxylation is 5. The van der Waals surface area contributed by atoms with Crippen LogP contribution in [-0.2, 0) is 60.9 Å². The Kier molecular flexibility index (Phi) is 31.8. The maximum Gasteiger partial charge on any atom is 0.435 e. The van der Waals surface area contributed by atoms with Gasteiger partial charge in [0.15, 0.2) is 39.9 Å². The van der Waals surface area contributed by atoms with Crippen LogP contribution in [0.4, 0.5) is 13.2 Å². The van der Waals surface area contributed by atoms with Gasteiger partial charge in [-0.2, -0.15) is 13.2 Å². The summed E-state index contributed by atoms with van der Waals surface area (Å²) in [5, 5.41) is 36.7. The van der Waals surface area contributed by atoms with E-state index < -0.39 is 35.0 Å². The zero-order chi connectivity index (χ0) is 97.7. The van der Waals surface area contributed by atoms with Gasteiger partial charge in [-0.25, -0.2) is 0 Å². The zero-order valence-electron chi connectivity index (χ0n) is 78.5. The third-order valence-electron chi connectivity index (χ3n) is 25.1. The van der Waals surface area contributed by atoms with E-state index in [1.807, 2.05) is 215 Å². The van der Waals surface area contributed by atoms with Gasteiger partial charge in [-0.1, -0.05) is 231 Å². The highest BCUT2D eigenvalue weighted by molar-refractivity contribution is 6.31. The van der Waals surface area contributed by atoms with Crippen LogP contribution >= 0.6 is 34.8 Å². The Hall–Kier alpha value is -13.2. The number of rotatable bonds is 28. The van der Waals surface area contributed by atoms with Crippen molar-refractivity contribution in [2.45, 2.75) is 196 Å². The van der Waals surface area contributed by atoms with E-state index in [1.54, 1.807) is 57.2 Å². The van der Waals surface area contributed by atoms with E-state index in [2.05, 4.69) is 60.1 Å². The van der Waals surface area contributed by atoms with Crippen LogP contribution in [0.1, 0.15) is 245 Å². The molecule has 0 radical (unpaired) electrons. The van der Waals surface area contributed by atoms with Gasteiger partial charge in [0.25, 0.3) is 5.60 Å². The van der Waals surface area contributed by atoms with E-state index >= 15 is 0 Å². The molecule has 0 fully saturated rings. The molecule has 4 aliphatic rings. The van der Waals surface area contributed by atoms with Crippen molar-refractivity contribution in [1.29, 1.82) is 0 Å². The summed E-state index contributed by atoms with van der Waals surface area (Å²) in [5.41, 5.74) is 12.3. The van der Waals surface area contributed by atoms with E-state index in [0.29, 0.717) is 99.1 Å². The summed E-state index contributed by atoms with van der Waals surface area (Å²) < 4.78 is 43.7. The predicted molar refractivity (Wildman–Crippen MR) is 533 cm³/mol. The molecule has 136 heavy (non-hydrogen) atoms. The highest BCUT2D eigenvalue weighted by atomic mass is 35.5. The van der Waals surface area contributed by atoms with Gasteiger partial charge < -0.3 is 40.6 Å². The lowest BCUT2D eigenvalue weighted by molar-refractivity contribution is -0.275. The Morgan fingerprint density at radius 1 is 0.316 bits per heavy atom. The van der Waals surface area contributed by atoms with Crippen molar-refractivity contribution in [2.24, 2.45) is 20.6 Å². The number of carbonyl (C=O) groups is 8. The van der Waals surface area contributed by atoms with Crippen molar-refractivity contribution in [3.05, 3.63) is 328 Å². The molecule has 0 bridgehead atoms. The first-order valence-electron chi connectivity index (χ1n) is 45.7. The molecule has 4 amide bonds. The monoisotopic (exact) mass is 1900 g/mol. The molecule has 12 aromatic rings. The predicted octanol–water partition coefficient (Wildman–Crippen LogP) is 24.3. The van der Waals surface area contributed by atoms with Gasteiger partial charge in [-0.15, -0.1) is 0 Å². The minimum Gasteiger partial charge on any atom is -0.384 e. The maximum atomic E-state index is 14.6. The number of nitrogens with one attached hydrogen (secondary N) is 4. The first-order valence-corrected chi connectivity index (χ1v) is 46.8. The second kappa shape index (κ2) is 43.2. The highest BCUT2D eigenvalue weighted by Crippen LogP contribution is 2.51. The van der Waals surface area contributed by atoms with Crippen LogP contribution < -0.4 is 21.3 Å². The second-order valence-corrected chi connectivity index (χ2v) is 36.7. The van der Waals surface area contributed by atoms with Crippen LogP contribution in [0.25, 0.3) is 43.1 Å². The minimum atomic E-state index is -4.71. The Labute approximate surface area is 804 Å². The molecule has 20 nitrogen and oxygen atoms in total. The fraction of sp³-hybridized carbons (Fsp3) is 0.309. The van der Waals surface area contributed by atoms with Crippen molar-refractivity contribution in [3.63, 3.8) is 0 Å². The van der Waals surface area contributed by atoms with Crippen LogP contribution in [0.3, 0.4) is 0 Å². The molecule has 4 heterocycles. The number of carbonyl (C=O) groups excluding carboxylic acids is 8. The number of halogens is 6. The fourth-order valence-corrected chi connectivity index (χ4v) is 18.6. The van der Waals surface area contributed by atoms with Gasteiger partial charge >= 0.3 is 6.18 Å². The van der Waals surface area contributed by atoms with E-state index in [0.717, 1.165) is 116 Å². The quantitative estimate of drug-likeness (QED) is 0.0333. The van der Waals surface area contributed by atoms with E-state index in [9.17, 15) is 51.5 Å². The van der Waals surface area contributed by atoms with Crippen molar-refractivity contribution < 1.29 is 70.9 Å². The average Bonchev–Trinajstić information content (AvgIpc) is 1.57. The molecule has 0 saturated carbocycles. The minimum absolute atomic E-state index is 0.0146. The van der Waals surface area contributed by atoms with Gasteiger partial charge in [-0.05, 0) is 220 Å². The van der Waals surface area contributed by atoms with Crippen LogP contribution in [-0.4, -0.2) is 102 Å². The molecule has 0 spiro atoms. The standard InChI is InChI=1S/C29H29F3N2O3.3C27H27ClN2O3/c1-5-33-27(36)13-12-26(35)24-11-10-23(21-8-6-7-9-22(21)24)25-16-28(37-34-25,29(30,31)32)20-14-17(2)19(4)18(3)15-20;3*1-4-29-26(32)12-11-25(31)23-10-9-22(20-7-5-6-8-21(20)23)24-16-27(3,33-30-24)18-13-17(2)14-19(28)15-18/h6-11,14-15H,5,12-13,16H2,1-4H3,(H,33,36);3*5-10,13-15H,4,11-12,16H2,1-3H3,(H,29,32)/t;2*27-;/m.10./s1. The van der Waals surface area contributed by atoms with E-state index in [4.69, 9.17) is 54.2 Å². The summed E-state index contributed by atoms with van der Waals surface area (Å²) in [6.07, 6.45) is -2.30. The zero-order valence-corrected chi connectivity index (χ0v) is 80.7. The number of nitrogens with zero attached hydrogens (tertiary/aromatic N) is 4. The largest absolute Gasteiger partial charge is 0.435 e. The van der Waals surface area contributed by atoms with Gasteiger partial charge in [0.05, 0.1) is 22.8 Å². The molecule has 16 rings (SSSR count). The molecule has 4 atom stereocenters. The summed E-state index contributed by atoms with van der Waals surface area (Å²) >= 11 is 18.8. The molecule has 26 heteroatoms. The van der Waals surface area contributed by atoms with E-state index in [-0.39, 0.29) is 109 Å². The summed E-state index contributed by atoms with van der Waals surface area (Å²) in [5.74, 6) is -0.902. The van der Waals surface area contributed by atoms with Gasteiger partial charge in [0, 0.05) is 168 Å². The molecule has 4 N–H and O–H groups in total. The first kappa shape index (κ1) is 100. The SMILES string of the molecule is CCNC(=O)CCC(=O)c1ccc(C2=NOC(C)(c3cc(C)cc(Cl)c3)C2)c2ccccc12.CCNC(=O)CCC(=O)c1ccc(C2=NOC(c3cc(C)c(C)c(C)c3)(C(F)(F)F)C2)c2ccccc12.CCNC(=O)CCC(=O)c1ccc(C2=NO[C@@](C)(c3cc(C)cc(Cl)c3)C2)c2ccccc12.CCNC(=O)CCC(=O)c1ccc(C2=NO[C@](C)(c3cc(C)cc(Cl)c3)C2)c2ccccc12. The molecule has 0 saturated heterocycles. The highest BCUT2D eigenvalue weighted by Gasteiger charge is 2.62. The lowest BCUT2D eigenvalue weighted by Gasteiger charge is -2.30. The Morgan fingerprint density at radius 2 is 0.559 bits per heavy atom. The lowest BCUT2D eigenvalue weighted by atomic mass is 9.83. The van der Waals surface area contributed by atoms with E-state index in [1.165, 1.54) is 12.1 Å². The number of alkyl halides is 3. The fourth-order valence-electron chi connectivity index (χ4n) is 17.7. The Morgan fingerprint density at radius 3 is 0.801 bits per heavy atom. The number of ketones is 4. The van der Waals surface area contributed by atoms with Gasteiger partial charge in [0.2, 0.25) is 23.6 Å². The Bertz CT molecular complexity index is 6280. The number of hydrogen-bond donors (Lipinski definition) is 4. The van der Waals surface area contributed by atoms with Crippen LogP contribution in [0.15, 0.2) is 233 Å². The lowest BCUT2D eigenvalue weighted by Crippen LogP contribution is -2.42. The van der Waals surface area contributed by atoms with Crippen LogP contribution in [0, 0.1) is 41.5 Å². The number of fused-ring (bicyclic) bond motifs is 4. The van der Waals surface area contributed by atoms with Gasteiger partial charge in [0.1, 0.15) is 0 Å². The van der Waals surface area contributed by atoms with Gasteiger partial charge in [-0.3, -0.25) is 38.4 Å². The average molecular weight is 1900 g/mol. The molecule has 12 aromatic carbocycles. The third-order valence-corrected chi connectivity index (χ3v) is 25.7. The van der Waals surface area contributed by atoms with Crippen molar-refractivity contribution in [2.75, 3.05) is 26.2 Å². The van der Waals surface area contributed by atoms with Crippen molar-refractivity contribution in [1.82, 2.24) is 21.3 Å². The first-order chi connectivity index (χ1) is 64.9. The molecule has 0 aliphatic carbocycles. The van der Waals surface area contributed by atoms with Crippen LogP contribution in [0.2, 0.25) is 15.1 Å². The summed E-state index contributed by atoms with van der Waals surface area (Å²) in [4.78, 5) is 122. The normalized spacial score (nSPS) is 17.5. The third kappa shape index (κ3) is 22.8. The molecule has 2 unspecified atom stereocenters. The smallest absolute Gasteiger partial charge is 0.384 e. The molecular weight excluding hydrogens is 1790 g/mol. The second-order valence-electron chi connectivity index (χ2n) is 35.4. The topological polar surface area (TPSA) is 271 Å². The Balaban J connectivity index is 0.000000154. The van der Waals surface area contributed by atoms with Crippen LogP contribution in [0.5, 0.6) is 0 Å². The molecular formula is C110H110Cl3F3N8O12. The number of benzene rings is 12. The molecule has 0 aromatic heterocycles. The van der Waals surface area contributed by atoms with Crippen molar-refractivity contribution in [3.8, 4) is 0 Å². The summed E-state index contributed by atoms with van der Waals surface area (Å²) in [7, 11) is 0. The number of oxime groups is 4. The maximum absolute atomic E-state index is 14.6. The van der Waals surface area contributed by atoms with Crippen molar-refractivity contribution >= 4 is 148 Å².